The smallest absolute Gasteiger partial charge is 0.321 e. The molecule has 116 valence electrons. The van der Waals surface area contributed by atoms with Crippen molar-refractivity contribution in [2.45, 2.75) is 38.8 Å². The third kappa shape index (κ3) is 4.71. The van der Waals surface area contributed by atoms with Crippen molar-refractivity contribution in [1.82, 2.24) is 5.32 Å². The molecule has 0 amide bonds. The lowest BCUT2D eigenvalue weighted by atomic mass is 10.00. The Morgan fingerprint density at radius 1 is 1.05 bits per heavy atom. The summed E-state index contributed by atoms with van der Waals surface area (Å²) in [6, 6.07) is 17.5. The molecule has 0 bridgehead atoms. The van der Waals surface area contributed by atoms with Gasteiger partial charge >= 0.3 is 5.97 Å². The molecule has 3 heteroatoms. The molecule has 0 aromatic heterocycles. The number of aryl methyl sites for hydroxylation is 1. The largest absolute Gasteiger partial charge is 0.480 e. The highest BCUT2D eigenvalue weighted by Gasteiger charge is 2.20. The van der Waals surface area contributed by atoms with Crippen LogP contribution in [-0.2, 0) is 17.6 Å². The van der Waals surface area contributed by atoms with Crippen molar-refractivity contribution < 1.29 is 9.90 Å². The molecule has 3 nitrogen and oxygen atoms in total. The van der Waals surface area contributed by atoms with E-state index in [1.54, 1.807) is 0 Å². The average molecular weight is 297 g/mol. The van der Waals surface area contributed by atoms with Crippen LogP contribution in [0.15, 0.2) is 54.6 Å². The van der Waals surface area contributed by atoms with Gasteiger partial charge in [0.25, 0.3) is 0 Å². The van der Waals surface area contributed by atoms with Gasteiger partial charge in [-0.1, -0.05) is 54.6 Å². The minimum Gasteiger partial charge on any atom is -0.480 e. The van der Waals surface area contributed by atoms with Crippen LogP contribution in [0.3, 0.4) is 0 Å². The van der Waals surface area contributed by atoms with Crippen LogP contribution in [-0.4, -0.2) is 23.2 Å². The summed E-state index contributed by atoms with van der Waals surface area (Å²) in [6.07, 6.45) is 1.32. The maximum atomic E-state index is 11.5. The Morgan fingerprint density at radius 2 is 1.68 bits per heavy atom. The van der Waals surface area contributed by atoms with E-state index in [-0.39, 0.29) is 6.04 Å². The van der Waals surface area contributed by atoms with Crippen LogP contribution in [0, 0.1) is 6.92 Å². The van der Waals surface area contributed by atoms with E-state index in [2.05, 4.69) is 24.4 Å². The van der Waals surface area contributed by atoms with Crippen LogP contribution < -0.4 is 5.32 Å². The summed E-state index contributed by atoms with van der Waals surface area (Å²) < 4.78 is 0. The molecule has 0 aliphatic rings. The normalized spacial score (nSPS) is 13.5. The molecular weight excluding hydrogens is 274 g/mol. The predicted molar refractivity (Wildman–Crippen MR) is 89.1 cm³/mol. The fraction of sp³-hybridized carbons (Fsp3) is 0.316. The molecule has 0 heterocycles. The van der Waals surface area contributed by atoms with Crippen LogP contribution in [0.4, 0.5) is 0 Å². The lowest BCUT2D eigenvalue weighted by Gasteiger charge is -2.21. The SMILES string of the molecule is Cc1ccccc1CC(C)N[C@@H](Cc1ccccc1)C(=O)O. The first kappa shape index (κ1) is 16.2. The maximum absolute atomic E-state index is 11.5. The number of rotatable bonds is 7. The van der Waals surface area contributed by atoms with E-state index in [1.165, 1.54) is 11.1 Å². The zero-order valence-electron chi connectivity index (χ0n) is 13.1. The fourth-order valence-corrected chi connectivity index (χ4v) is 2.64. The topological polar surface area (TPSA) is 49.3 Å². The minimum atomic E-state index is -0.805. The number of nitrogens with one attached hydrogen (secondary N) is 1. The van der Waals surface area contributed by atoms with Gasteiger partial charge in [0.2, 0.25) is 0 Å². The number of aliphatic carboxylic acids is 1. The van der Waals surface area contributed by atoms with Crippen LogP contribution in [0.5, 0.6) is 0 Å². The van der Waals surface area contributed by atoms with E-state index in [0.29, 0.717) is 6.42 Å². The van der Waals surface area contributed by atoms with Crippen molar-refractivity contribution in [2.75, 3.05) is 0 Å². The zero-order chi connectivity index (χ0) is 15.9. The second-order valence-corrected chi connectivity index (χ2v) is 5.78. The van der Waals surface area contributed by atoms with Crippen molar-refractivity contribution in [3.8, 4) is 0 Å². The van der Waals surface area contributed by atoms with Gasteiger partial charge in [-0.2, -0.15) is 0 Å². The maximum Gasteiger partial charge on any atom is 0.321 e. The van der Waals surface area contributed by atoms with Crippen molar-refractivity contribution in [1.29, 1.82) is 0 Å². The zero-order valence-corrected chi connectivity index (χ0v) is 13.1. The number of carboxylic acid groups (broad SMARTS) is 1. The predicted octanol–water partition coefficient (Wildman–Crippen LogP) is 3.21. The van der Waals surface area contributed by atoms with Crippen molar-refractivity contribution in [2.24, 2.45) is 0 Å². The minimum absolute atomic E-state index is 0.103. The molecular formula is C19H23NO2. The number of hydrogen-bond donors (Lipinski definition) is 2. The summed E-state index contributed by atoms with van der Waals surface area (Å²) >= 11 is 0. The molecule has 0 radical (unpaired) electrons. The van der Waals surface area contributed by atoms with Crippen LogP contribution in [0.25, 0.3) is 0 Å². The third-order valence-electron chi connectivity index (χ3n) is 3.85. The molecule has 2 rings (SSSR count). The monoisotopic (exact) mass is 297 g/mol. The van der Waals surface area contributed by atoms with E-state index < -0.39 is 12.0 Å². The Morgan fingerprint density at radius 3 is 2.32 bits per heavy atom. The summed E-state index contributed by atoms with van der Waals surface area (Å²) in [5, 5.41) is 12.7. The van der Waals surface area contributed by atoms with Crippen LogP contribution in [0.1, 0.15) is 23.6 Å². The molecule has 2 aromatic rings. The van der Waals surface area contributed by atoms with E-state index in [1.807, 2.05) is 49.4 Å². The van der Waals surface area contributed by atoms with Gasteiger partial charge in [-0.3, -0.25) is 4.79 Å². The average Bonchev–Trinajstić information content (AvgIpc) is 2.50. The summed E-state index contributed by atoms with van der Waals surface area (Å²) in [5.41, 5.74) is 3.53. The Kier molecular flexibility index (Phi) is 5.73. The molecule has 2 N–H and O–H groups in total. The molecule has 1 unspecified atom stereocenters. The first-order chi connectivity index (χ1) is 10.6. The van der Waals surface area contributed by atoms with E-state index in [4.69, 9.17) is 0 Å². The van der Waals surface area contributed by atoms with E-state index >= 15 is 0 Å². The number of hydrogen-bond acceptors (Lipinski definition) is 2. The molecule has 0 saturated heterocycles. The first-order valence-corrected chi connectivity index (χ1v) is 7.63. The van der Waals surface area contributed by atoms with Gasteiger partial charge in [-0.05, 0) is 43.4 Å². The molecule has 0 spiro atoms. The highest BCUT2D eigenvalue weighted by atomic mass is 16.4. The van der Waals surface area contributed by atoms with Gasteiger partial charge in [0.15, 0.2) is 0 Å². The summed E-state index contributed by atoms with van der Waals surface area (Å²) in [7, 11) is 0. The van der Waals surface area contributed by atoms with Gasteiger partial charge in [0, 0.05) is 6.04 Å². The molecule has 2 atom stereocenters. The molecule has 0 aliphatic carbocycles. The van der Waals surface area contributed by atoms with Gasteiger partial charge in [-0.25, -0.2) is 0 Å². The Bertz CT molecular complexity index is 610. The Labute approximate surface area is 132 Å². The standard InChI is InChI=1S/C19H23NO2/c1-14-8-6-7-11-17(14)12-15(2)20-18(19(21)22)13-16-9-4-3-5-10-16/h3-11,15,18,20H,12-13H2,1-2H3,(H,21,22)/t15?,18-/m0/s1. The molecule has 0 fully saturated rings. The molecule has 0 aliphatic heterocycles. The highest BCUT2D eigenvalue weighted by molar-refractivity contribution is 5.74. The summed E-state index contributed by atoms with van der Waals surface area (Å²) in [5.74, 6) is -0.805. The lowest BCUT2D eigenvalue weighted by molar-refractivity contribution is -0.139. The van der Waals surface area contributed by atoms with Crippen molar-refractivity contribution >= 4 is 5.97 Å². The van der Waals surface area contributed by atoms with Crippen molar-refractivity contribution in [3.63, 3.8) is 0 Å². The molecule has 2 aromatic carbocycles. The van der Waals surface area contributed by atoms with E-state index in [0.717, 1.165) is 12.0 Å². The first-order valence-electron chi connectivity index (χ1n) is 7.63. The summed E-state index contributed by atoms with van der Waals surface area (Å²) in [4.78, 5) is 11.5. The van der Waals surface area contributed by atoms with Crippen LogP contribution in [0.2, 0.25) is 0 Å². The highest BCUT2D eigenvalue weighted by Crippen LogP contribution is 2.11. The Balaban J connectivity index is 1.99. The number of carboxylic acids is 1. The van der Waals surface area contributed by atoms with Crippen LogP contribution >= 0.6 is 0 Å². The molecule has 22 heavy (non-hydrogen) atoms. The third-order valence-corrected chi connectivity index (χ3v) is 3.85. The van der Waals surface area contributed by atoms with Gasteiger partial charge in [0.05, 0.1) is 0 Å². The van der Waals surface area contributed by atoms with Crippen molar-refractivity contribution in [3.05, 3.63) is 71.3 Å². The van der Waals surface area contributed by atoms with E-state index in [9.17, 15) is 9.90 Å². The van der Waals surface area contributed by atoms with Gasteiger partial charge in [0.1, 0.15) is 6.04 Å². The van der Waals surface area contributed by atoms with Gasteiger partial charge in [-0.15, -0.1) is 0 Å². The van der Waals surface area contributed by atoms with Gasteiger partial charge < -0.3 is 10.4 Å². The lowest BCUT2D eigenvalue weighted by Crippen LogP contribution is -2.44. The number of benzene rings is 2. The summed E-state index contributed by atoms with van der Waals surface area (Å²) in [6.45, 7) is 4.12. The number of carbonyl (C=O) groups is 1. The molecule has 0 saturated carbocycles. The fourth-order valence-electron chi connectivity index (χ4n) is 2.64. The second-order valence-electron chi connectivity index (χ2n) is 5.78. The quantitative estimate of drug-likeness (QED) is 0.825. The second kappa shape index (κ2) is 7.76. The Hall–Kier alpha value is -2.13.